The number of carbonyl (C=O) groups is 2. The van der Waals surface area contributed by atoms with Gasteiger partial charge in [-0.05, 0) is 57.9 Å². The molecule has 134 valence electrons. The van der Waals surface area contributed by atoms with Crippen LogP contribution in [0.25, 0.3) is 16.6 Å². The minimum atomic E-state index is -0.586. The molecule has 0 saturated carbocycles. The first kappa shape index (κ1) is 18.6. The molecule has 1 aromatic carbocycles. The van der Waals surface area contributed by atoms with Crippen molar-refractivity contribution in [3.8, 4) is 0 Å². The van der Waals surface area contributed by atoms with E-state index >= 15 is 0 Å². The number of anilines is 1. The van der Waals surface area contributed by atoms with Crippen LogP contribution < -0.4 is 5.73 Å². The van der Waals surface area contributed by atoms with Crippen LogP contribution in [0, 0.1) is 20.8 Å². The molecule has 0 radical (unpaired) electrons. The number of rotatable bonds is 5. The lowest BCUT2D eigenvalue weighted by Gasteiger charge is -2.13. The monoisotopic (exact) mass is 344 g/mol. The van der Waals surface area contributed by atoms with Gasteiger partial charge in [0.05, 0.1) is 24.8 Å². The van der Waals surface area contributed by atoms with Crippen LogP contribution in [0.4, 0.5) is 5.69 Å². The van der Waals surface area contributed by atoms with Crippen LogP contribution in [-0.4, -0.2) is 29.7 Å². The summed E-state index contributed by atoms with van der Waals surface area (Å²) in [6.07, 6.45) is 1.18. The lowest BCUT2D eigenvalue weighted by atomic mass is 10.1. The van der Waals surface area contributed by atoms with Crippen molar-refractivity contribution in [1.82, 2.24) is 4.57 Å². The number of nitrogens with two attached hydrogens (primary N) is 1. The predicted molar refractivity (Wildman–Crippen MR) is 98.1 cm³/mol. The van der Waals surface area contributed by atoms with Crippen LogP contribution >= 0.6 is 0 Å². The third-order valence-electron chi connectivity index (χ3n) is 4.17. The number of hydrogen-bond acceptors (Lipinski definition) is 5. The molecule has 0 spiro atoms. The second kappa shape index (κ2) is 7.42. The highest BCUT2D eigenvalue weighted by atomic mass is 16.5. The number of carbonyl (C=O) groups excluding carboxylic acids is 2. The first-order chi connectivity index (χ1) is 11.8. The minimum absolute atomic E-state index is 0.125. The third kappa shape index (κ3) is 3.52. The van der Waals surface area contributed by atoms with Crippen LogP contribution in [-0.2, 0) is 19.1 Å². The van der Waals surface area contributed by atoms with Crippen LogP contribution in [0.5, 0.6) is 0 Å². The maximum Gasteiger partial charge on any atom is 0.355 e. The molecule has 2 aromatic rings. The fourth-order valence-electron chi connectivity index (χ4n) is 2.76. The molecule has 0 aliphatic rings. The first-order valence-corrected chi connectivity index (χ1v) is 8.25. The lowest BCUT2D eigenvalue weighted by molar-refractivity contribution is -0.139. The van der Waals surface area contributed by atoms with E-state index < -0.39 is 11.9 Å². The molecule has 6 nitrogen and oxygen atoms in total. The van der Waals surface area contributed by atoms with Gasteiger partial charge in [0.2, 0.25) is 0 Å². The van der Waals surface area contributed by atoms with E-state index in [-0.39, 0.29) is 18.9 Å². The molecule has 0 amide bonds. The van der Waals surface area contributed by atoms with Gasteiger partial charge in [0.1, 0.15) is 5.70 Å². The van der Waals surface area contributed by atoms with Crippen molar-refractivity contribution in [2.75, 3.05) is 18.9 Å². The summed E-state index contributed by atoms with van der Waals surface area (Å²) >= 11 is 0. The average Bonchev–Trinajstić information content (AvgIpc) is 2.78. The number of esters is 2. The molecular formula is C19H24N2O4. The standard InChI is InChI=1S/C19H24N2O4/c1-6-24-18(22)10-17(19(23)25-7-2)21-13(5)12(4)14-9-15(20)11(3)8-16(14)21/h8-10H,6-7,20H2,1-5H3/b17-10-. The van der Waals surface area contributed by atoms with Crippen molar-refractivity contribution in [3.05, 3.63) is 35.0 Å². The van der Waals surface area contributed by atoms with Crippen LogP contribution in [0.1, 0.15) is 30.7 Å². The topological polar surface area (TPSA) is 83.6 Å². The smallest absolute Gasteiger partial charge is 0.355 e. The van der Waals surface area contributed by atoms with Crippen LogP contribution in [0.3, 0.4) is 0 Å². The highest BCUT2D eigenvalue weighted by Gasteiger charge is 2.22. The van der Waals surface area contributed by atoms with E-state index in [2.05, 4.69) is 0 Å². The molecule has 0 atom stereocenters. The Kier molecular flexibility index (Phi) is 5.51. The molecule has 1 heterocycles. The summed E-state index contributed by atoms with van der Waals surface area (Å²) in [4.78, 5) is 24.5. The Morgan fingerprint density at radius 1 is 1.12 bits per heavy atom. The summed E-state index contributed by atoms with van der Waals surface area (Å²) < 4.78 is 11.8. The lowest BCUT2D eigenvalue weighted by Crippen LogP contribution is -2.16. The number of nitrogen functional groups attached to an aromatic ring is 1. The van der Waals surface area contributed by atoms with Crippen molar-refractivity contribution in [2.45, 2.75) is 34.6 Å². The number of aromatic nitrogens is 1. The third-order valence-corrected chi connectivity index (χ3v) is 4.17. The molecule has 0 unspecified atom stereocenters. The Bertz CT molecular complexity index is 862. The van der Waals surface area contributed by atoms with E-state index in [9.17, 15) is 9.59 Å². The van der Waals surface area contributed by atoms with E-state index in [1.54, 1.807) is 18.4 Å². The van der Waals surface area contributed by atoms with Crippen molar-refractivity contribution in [3.63, 3.8) is 0 Å². The Hall–Kier alpha value is -2.76. The largest absolute Gasteiger partial charge is 0.463 e. The molecule has 25 heavy (non-hydrogen) atoms. The first-order valence-electron chi connectivity index (χ1n) is 8.25. The summed E-state index contributed by atoms with van der Waals surface area (Å²) in [7, 11) is 0. The normalized spacial score (nSPS) is 11.6. The molecule has 0 aliphatic carbocycles. The van der Waals surface area contributed by atoms with Crippen molar-refractivity contribution < 1.29 is 19.1 Å². The van der Waals surface area contributed by atoms with E-state index in [1.165, 1.54) is 6.08 Å². The summed E-state index contributed by atoms with van der Waals surface area (Å²) in [5.41, 5.74) is 10.3. The zero-order chi connectivity index (χ0) is 18.7. The van der Waals surface area contributed by atoms with Gasteiger partial charge in [0.25, 0.3) is 0 Å². The van der Waals surface area contributed by atoms with E-state index in [4.69, 9.17) is 15.2 Å². The summed E-state index contributed by atoms with van der Waals surface area (Å²) in [6.45, 7) is 9.61. The van der Waals surface area contributed by atoms with Gasteiger partial charge in [-0.25, -0.2) is 9.59 Å². The molecular weight excluding hydrogens is 320 g/mol. The Labute approximate surface area is 147 Å². The molecule has 0 aliphatic heterocycles. The summed E-state index contributed by atoms with van der Waals surface area (Å²) in [5, 5.41) is 0.930. The highest BCUT2D eigenvalue weighted by molar-refractivity contribution is 6.17. The van der Waals surface area contributed by atoms with E-state index in [0.717, 1.165) is 27.7 Å². The second-order valence-corrected chi connectivity index (χ2v) is 5.77. The molecule has 6 heteroatoms. The fourth-order valence-corrected chi connectivity index (χ4v) is 2.76. The van der Waals surface area contributed by atoms with Gasteiger partial charge in [0, 0.05) is 16.8 Å². The van der Waals surface area contributed by atoms with Gasteiger partial charge in [0.15, 0.2) is 0 Å². The SMILES string of the molecule is CCOC(=O)/C=C(/C(=O)OCC)n1c(C)c(C)c2cc(N)c(C)cc21. The van der Waals surface area contributed by atoms with Gasteiger partial charge in [-0.3, -0.25) is 0 Å². The summed E-state index contributed by atoms with van der Waals surface area (Å²) in [5.74, 6) is -1.17. The molecule has 0 fully saturated rings. The Morgan fingerprint density at radius 2 is 1.76 bits per heavy atom. The van der Waals surface area contributed by atoms with Crippen molar-refractivity contribution in [1.29, 1.82) is 0 Å². The van der Waals surface area contributed by atoms with E-state index in [1.807, 2.05) is 32.9 Å². The number of ether oxygens (including phenoxy) is 2. The van der Waals surface area contributed by atoms with E-state index in [0.29, 0.717) is 5.69 Å². The number of benzene rings is 1. The van der Waals surface area contributed by atoms with Gasteiger partial charge >= 0.3 is 11.9 Å². The number of nitrogens with zero attached hydrogens (tertiary/aromatic N) is 1. The molecule has 1 aromatic heterocycles. The zero-order valence-electron chi connectivity index (χ0n) is 15.3. The molecule has 0 bridgehead atoms. The van der Waals surface area contributed by atoms with Gasteiger partial charge in [-0.2, -0.15) is 0 Å². The zero-order valence-corrected chi connectivity index (χ0v) is 15.3. The van der Waals surface area contributed by atoms with Gasteiger partial charge in [-0.1, -0.05) is 0 Å². The average molecular weight is 344 g/mol. The highest BCUT2D eigenvalue weighted by Crippen LogP contribution is 2.32. The summed E-state index contributed by atoms with van der Waals surface area (Å²) in [6, 6.07) is 3.79. The Morgan fingerprint density at radius 3 is 2.36 bits per heavy atom. The quantitative estimate of drug-likeness (QED) is 0.512. The maximum atomic E-state index is 12.5. The number of aryl methyl sites for hydroxylation is 2. The maximum absolute atomic E-state index is 12.5. The Balaban J connectivity index is 2.76. The van der Waals surface area contributed by atoms with Crippen LogP contribution in [0.15, 0.2) is 18.2 Å². The van der Waals surface area contributed by atoms with Gasteiger partial charge < -0.3 is 19.8 Å². The second-order valence-electron chi connectivity index (χ2n) is 5.77. The molecule has 0 saturated heterocycles. The van der Waals surface area contributed by atoms with Gasteiger partial charge in [-0.15, -0.1) is 0 Å². The number of hydrogen-bond donors (Lipinski definition) is 1. The fraction of sp³-hybridized carbons (Fsp3) is 0.368. The van der Waals surface area contributed by atoms with Crippen molar-refractivity contribution >= 4 is 34.2 Å². The molecule has 2 rings (SSSR count). The van der Waals surface area contributed by atoms with Crippen molar-refractivity contribution in [2.24, 2.45) is 0 Å². The predicted octanol–water partition coefficient (Wildman–Crippen LogP) is 3.12. The molecule has 2 N–H and O–H groups in total. The number of fused-ring (bicyclic) bond motifs is 1. The van der Waals surface area contributed by atoms with Crippen LogP contribution in [0.2, 0.25) is 0 Å². The minimum Gasteiger partial charge on any atom is -0.463 e.